The van der Waals surface area contributed by atoms with Gasteiger partial charge in [0.2, 0.25) is 5.91 Å². The average molecular weight is 414 g/mol. The third kappa shape index (κ3) is 3.81. The summed E-state index contributed by atoms with van der Waals surface area (Å²) >= 11 is 0. The van der Waals surface area contributed by atoms with Gasteiger partial charge in [0.1, 0.15) is 5.76 Å². The van der Waals surface area contributed by atoms with Crippen LogP contribution < -0.4 is 11.3 Å². The number of piperidine rings is 1. The lowest BCUT2D eigenvalue weighted by atomic mass is 9.82. The van der Waals surface area contributed by atoms with Crippen molar-refractivity contribution in [3.63, 3.8) is 0 Å². The second-order valence-corrected chi connectivity index (χ2v) is 9.00. The maximum Gasteiger partial charge on any atom is 0.255 e. The number of hydrogen-bond donors (Lipinski definition) is 1. The van der Waals surface area contributed by atoms with Crippen molar-refractivity contribution in [3.05, 3.63) is 50.8 Å². The van der Waals surface area contributed by atoms with E-state index in [-0.39, 0.29) is 17.4 Å². The van der Waals surface area contributed by atoms with Crippen LogP contribution in [0.2, 0.25) is 0 Å². The lowest BCUT2D eigenvalue weighted by molar-refractivity contribution is -0.134. The number of hydrogen-bond acceptors (Lipinski definition) is 6. The standard InChI is InChI=1S/C22H31N5O3/c1-13(23)21(28)26-8-16-7-18(11-26)20-6-5-17(22(29)27(20)9-16)10-25(4)12-19-14(2)24-30-15(19)3/h5-6,13,16,18H,7-12,23H2,1-4H3/t13-,16+,18-/m1/s1. The summed E-state index contributed by atoms with van der Waals surface area (Å²) in [5, 5.41) is 4.01. The number of nitrogens with zero attached hydrogens (tertiary/aromatic N) is 4. The molecule has 8 heteroatoms. The van der Waals surface area contributed by atoms with E-state index in [0.29, 0.717) is 38.6 Å². The van der Waals surface area contributed by atoms with E-state index in [9.17, 15) is 9.59 Å². The number of carbonyl (C=O) groups excluding carboxylic acids is 1. The van der Waals surface area contributed by atoms with Crippen LogP contribution in [0.1, 0.15) is 47.5 Å². The summed E-state index contributed by atoms with van der Waals surface area (Å²) in [6.45, 7) is 8.81. The number of aryl methyl sites for hydroxylation is 2. The summed E-state index contributed by atoms with van der Waals surface area (Å²) in [6.07, 6.45) is 1.02. The third-order valence-corrected chi connectivity index (χ3v) is 6.43. The number of nitrogens with two attached hydrogens (primary N) is 1. The highest BCUT2D eigenvalue weighted by Gasteiger charge is 2.37. The molecule has 2 aliphatic heterocycles. The molecule has 0 aliphatic carbocycles. The second kappa shape index (κ2) is 8.00. The summed E-state index contributed by atoms with van der Waals surface area (Å²) in [6, 6.07) is 3.54. The molecule has 2 aromatic heterocycles. The Kier molecular flexibility index (Phi) is 5.55. The summed E-state index contributed by atoms with van der Waals surface area (Å²) in [5.74, 6) is 1.31. The van der Waals surface area contributed by atoms with E-state index in [1.165, 1.54) is 0 Å². The highest BCUT2D eigenvalue weighted by Crippen LogP contribution is 2.35. The van der Waals surface area contributed by atoms with Crippen LogP contribution in [0, 0.1) is 19.8 Å². The first-order valence-corrected chi connectivity index (χ1v) is 10.6. The Hall–Kier alpha value is -2.45. The first-order chi connectivity index (χ1) is 14.2. The van der Waals surface area contributed by atoms with Crippen molar-refractivity contribution in [2.24, 2.45) is 11.7 Å². The van der Waals surface area contributed by atoms with Crippen molar-refractivity contribution in [2.75, 3.05) is 20.1 Å². The molecule has 0 aromatic carbocycles. The van der Waals surface area contributed by atoms with E-state index in [1.54, 1.807) is 6.92 Å². The fourth-order valence-corrected chi connectivity index (χ4v) is 4.92. The van der Waals surface area contributed by atoms with Gasteiger partial charge in [-0.2, -0.15) is 0 Å². The number of fused-ring (bicyclic) bond motifs is 4. The van der Waals surface area contributed by atoms with Gasteiger partial charge in [-0.1, -0.05) is 11.2 Å². The topological polar surface area (TPSA) is 97.6 Å². The minimum atomic E-state index is -0.485. The number of rotatable bonds is 5. The molecule has 0 unspecified atom stereocenters. The monoisotopic (exact) mass is 413 g/mol. The molecule has 2 bridgehead atoms. The molecule has 0 radical (unpaired) electrons. The maximum atomic E-state index is 13.2. The van der Waals surface area contributed by atoms with Crippen LogP contribution in [0.15, 0.2) is 21.5 Å². The molecule has 2 aromatic rings. The van der Waals surface area contributed by atoms with Gasteiger partial charge in [-0.05, 0) is 46.2 Å². The fraction of sp³-hybridized carbons (Fsp3) is 0.591. The smallest absolute Gasteiger partial charge is 0.255 e. The molecule has 3 atom stereocenters. The molecule has 4 heterocycles. The van der Waals surface area contributed by atoms with Crippen LogP contribution in [-0.4, -0.2) is 51.6 Å². The van der Waals surface area contributed by atoms with E-state index in [2.05, 4.69) is 16.1 Å². The first kappa shape index (κ1) is 20.8. The van der Waals surface area contributed by atoms with E-state index in [4.69, 9.17) is 10.3 Å². The molecule has 4 rings (SSSR count). The number of carbonyl (C=O) groups is 1. The fourth-order valence-electron chi connectivity index (χ4n) is 4.92. The minimum absolute atomic E-state index is 0.00179. The Morgan fingerprint density at radius 2 is 2.07 bits per heavy atom. The van der Waals surface area contributed by atoms with Gasteiger partial charge in [0.05, 0.1) is 11.7 Å². The molecule has 8 nitrogen and oxygen atoms in total. The van der Waals surface area contributed by atoms with Crippen LogP contribution in [0.5, 0.6) is 0 Å². The van der Waals surface area contributed by atoms with E-state index in [0.717, 1.165) is 34.7 Å². The predicted octanol–water partition coefficient (Wildman–Crippen LogP) is 1.38. The van der Waals surface area contributed by atoms with Gasteiger partial charge < -0.3 is 19.7 Å². The van der Waals surface area contributed by atoms with Gasteiger partial charge in [0.25, 0.3) is 5.56 Å². The van der Waals surface area contributed by atoms with E-state index in [1.807, 2.05) is 36.4 Å². The summed E-state index contributed by atoms with van der Waals surface area (Å²) in [7, 11) is 2.00. The van der Waals surface area contributed by atoms with Gasteiger partial charge in [-0.3, -0.25) is 14.5 Å². The second-order valence-electron chi connectivity index (χ2n) is 9.00. The van der Waals surface area contributed by atoms with Crippen molar-refractivity contribution in [1.82, 2.24) is 19.5 Å². The van der Waals surface area contributed by atoms with E-state index < -0.39 is 6.04 Å². The molecule has 1 fully saturated rings. The van der Waals surface area contributed by atoms with Crippen molar-refractivity contribution in [1.29, 1.82) is 0 Å². The Morgan fingerprint density at radius 1 is 1.30 bits per heavy atom. The zero-order valence-electron chi connectivity index (χ0n) is 18.2. The van der Waals surface area contributed by atoms with Crippen molar-refractivity contribution in [3.8, 4) is 0 Å². The number of amides is 1. The summed E-state index contributed by atoms with van der Waals surface area (Å²) in [4.78, 5) is 29.6. The minimum Gasteiger partial charge on any atom is -0.361 e. The first-order valence-electron chi connectivity index (χ1n) is 10.6. The molecule has 30 heavy (non-hydrogen) atoms. The molecule has 0 saturated carbocycles. The zero-order chi connectivity index (χ0) is 21.6. The average Bonchev–Trinajstić information content (AvgIpc) is 3.01. The number of pyridine rings is 1. The lowest BCUT2D eigenvalue weighted by Gasteiger charge is -2.43. The maximum absolute atomic E-state index is 13.2. The normalized spacial score (nSPS) is 21.6. The Bertz CT molecular complexity index is 989. The summed E-state index contributed by atoms with van der Waals surface area (Å²) < 4.78 is 7.18. The Balaban J connectivity index is 1.53. The molecular weight excluding hydrogens is 382 g/mol. The SMILES string of the molecule is Cc1noc(C)c1CN(C)Cc1ccc2n(c1=O)C[C@H]1C[C@@H]2CN(C(=O)[C@@H](C)N)C1. The lowest BCUT2D eigenvalue weighted by Crippen LogP contribution is -2.52. The molecular formula is C22H31N5O3. The Morgan fingerprint density at radius 3 is 2.73 bits per heavy atom. The number of likely N-dealkylation sites (tertiary alicyclic amines) is 1. The van der Waals surface area contributed by atoms with E-state index >= 15 is 0 Å². The van der Waals surface area contributed by atoms with Gasteiger partial charge >= 0.3 is 0 Å². The molecule has 0 spiro atoms. The van der Waals surface area contributed by atoms with Crippen molar-refractivity contribution in [2.45, 2.75) is 58.8 Å². The van der Waals surface area contributed by atoms with Gasteiger partial charge in [-0.15, -0.1) is 0 Å². The quantitative estimate of drug-likeness (QED) is 0.795. The van der Waals surface area contributed by atoms with Crippen LogP contribution >= 0.6 is 0 Å². The van der Waals surface area contributed by atoms with Crippen LogP contribution in [0.25, 0.3) is 0 Å². The highest BCUT2D eigenvalue weighted by molar-refractivity contribution is 5.81. The number of aromatic nitrogens is 2. The predicted molar refractivity (Wildman–Crippen MR) is 113 cm³/mol. The Labute approximate surface area is 176 Å². The van der Waals surface area contributed by atoms with Gasteiger partial charge in [-0.25, -0.2) is 0 Å². The largest absolute Gasteiger partial charge is 0.361 e. The van der Waals surface area contributed by atoms with Crippen molar-refractivity contribution < 1.29 is 9.32 Å². The molecule has 1 amide bonds. The molecule has 1 saturated heterocycles. The molecule has 2 aliphatic rings. The van der Waals surface area contributed by atoms with Crippen LogP contribution in [0.4, 0.5) is 0 Å². The molecule has 2 N–H and O–H groups in total. The third-order valence-electron chi connectivity index (χ3n) is 6.43. The zero-order valence-corrected chi connectivity index (χ0v) is 18.2. The van der Waals surface area contributed by atoms with Gasteiger partial charge in [0, 0.05) is 55.5 Å². The molecule has 162 valence electrons. The van der Waals surface area contributed by atoms with Crippen LogP contribution in [0.3, 0.4) is 0 Å². The highest BCUT2D eigenvalue weighted by atomic mass is 16.5. The van der Waals surface area contributed by atoms with Crippen molar-refractivity contribution >= 4 is 5.91 Å². The summed E-state index contributed by atoms with van der Waals surface area (Å²) in [5.41, 5.74) is 9.68. The van der Waals surface area contributed by atoms with Crippen LogP contribution in [-0.2, 0) is 24.4 Å². The van der Waals surface area contributed by atoms with Gasteiger partial charge in [0.15, 0.2) is 0 Å².